The molecule has 2 rings (SSSR count). The molecule has 0 aromatic carbocycles. The number of hydrogen-bond donors (Lipinski definition) is 0. The summed E-state index contributed by atoms with van der Waals surface area (Å²) in [4.78, 5) is 0. The standard InChI is InChI=1S/C14H26NO2/c1-11(16-13-7-3-4-8-13)15-12(2)17-14-9-5-6-10-14/h11-14H,3-10H2,1-2H3. The highest BCUT2D eigenvalue weighted by Gasteiger charge is 2.22. The maximum absolute atomic E-state index is 5.90. The lowest BCUT2D eigenvalue weighted by Gasteiger charge is -2.23. The van der Waals surface area contributed by atoms with E-state index >= 15 is 0 Å². The summed E-state index contributed by atoms with van der Waals surface area (Å²) in [6, 6.07) is 0. The molecule has 0 N–H and O–H groups in total. The summed E-state index contributed by atoms with van der Waals surface area (Å²) in [5, 5.41) is 4.56. The normalized spacial score (nSPS) is 26.5. The summed E-state index contributed by atoms with van der Waals surface area (Å²) in [7, 11) is 0. The SMILES string of the molecule is CC([N]C(C)OC1CCCC1)OC1CCCC1. The molecule has 1 radical (unpaired) electrons. The zero-order valence-electron chi connectivity index (χ0n) is 11.2. The Morgan fingerprint density at radius 1 is 0.765 bits per heavy atom. The van der Waals surface area contributed by atoms with E-state index in [1.54, 1.807) is 0 Å². The number of rotatable bonds is 6. The molecule has 0 aromatic heterocycles. The average molecular weight is 240 g/mol. The Labute approximate surface area is 105 Å². The van der Waals surface area contributed by atoms with E-state index in [1.165, 1.54) is 51.4 Å². The van der Waals surface area contributed by atoms with Gasteiger partial charge >= 0.3 is 0 Å². The summed E-state index contributed by atoms with van der Waals surface area (Å²) in [5.74, 6) is 0. The summed E-state index contributed by atoms with van der Waals surface area (Å²) >= 11 is 0. The monoisotopic (exact) mass is 240 g/mol. The van der Waals surface area contributed by atoms with E-state index in [1.807, 2.05) is 13.8 Å². The Balaban J connectivity index is 1.60. The molecule has 2 unspecified atom stereocenters. The minimum absolute atomic E-state index is 0.0190. The molecule has 2 aliphatic rings. The third-order valence-corrected chi connectivity index (χ3v) is 3.80. The molecule has 0 saturated heterocycles. The van der Waals surface area contributed by atoms with E-state index < -0.39 is 0 Å². The van der Waals surface area contributed by atoms with Crippen molar-refractivity contribution in [3.63, 3.8) is 0 Å². The van der Waals surface area contributed by atoms with Crippen LogP contribution in [0.3, 0.4) is 0 Å². The molecule has 2 fully saturated rings. The van der Waals surface area contributed by atoms with Crippen LogP contribution in [0.5, 0.6) is 0 Å². The first-order chi connectivity index (χ1) is 8.24. The van der Waals surface area contributed by atoms with Crippen LogP contribution in [-0.2, 0) is 9.47 Å². The van der Waals surface area contributed by atoms with Crippen LogP contribution in [0.15, 0.2) is 0 Å². The van der Waals surface area contributed by atoms with Gasteiger partial charge in [0.1, 0.15) is 12.5 Å². The van der Waals surface area contributed by atoms with Crippen LogP contribution in [0.2, 0.25) is 0 Å². The van der Waals surface area contributed by atoms with E-state index in [2.05, 4.69) is 5.32 Å². The second kappa shape index (κ2) is 6.72. The molecule has 0 spiro atoms. The van der Waals surface area contributed by atoms with Crippen LogP contribution in [0, 0.1) is 0 Å². The summed E-state index contributed by atoms with van der Waals surface area (Å²) < 4.78 is 11.8. The van der Waals surface area contributed by atoms with E-state index in [0.29, 0.717) is 12.2 Å². The van der Waals surface area contributed by atoms with Crippen LogP contribution in [-0.4, -0.2) is 24.7 Å². The zero-order chi connectivity index (χ0) is 12.1. The van der Waals surface area contributed by atoms with Crippen LogP contribution in [0.1, 0.15) is 65.2 Å². The summed E-state index contributed by atoms with van der Waals surface area (Å²) in [6.45, 7) is 4.07. The Kier molecular flexibility index (Phi) is 5.26. The van der Waals surface area contributed by atoms with Gasteiger partial charge in [0, 0.05) is 0 Å². The smallest absolute Gasteiger partial charge is 0.123 e. The van der Waals surface area contributed by atoms with Gasteiger partial charge in [-0.25, -0.2) is 0 Å². The minimum Gasteiger partial charge on any atom is -0.359 e. The van der Waals surface area contributed by atoms with Gasteiger partial charge in [-0.2, -0.15) is 5.32 Å². The van der Waals surface area contributed by atoms with Crippen molar-refractivity contribution in [1.82, 2.24) is 5.32 Å². The fraction of sp³-hybridized carbons (Fsp3) is 1.00. The molecular formula is C14H26NO2. The number of ether oxygens (including phenoxy) is 2. The van der Waals surface area contributed by atoms with Gasteiger partial charge in [-0.15, -0.1) is 0 Å². The van der Waals surface area contributed by atoms with Gasteiger partial charge < -0.3 is 9.47 Å². The first kappa shape index (κ1) is 13.3. The molecule has 2 aliphatic carbocycles. The molecule has 17 heavy (non-hydrogen) atoms. The molecule has 2 atom stereocenters. The number of hydrogen-bond acceptors (Lipinski definition) is 2. The molecule has 3 heteroatoms. The molecule has 0 aromatic rings. The summed E-state index contributed by atoms with van der Waals surface area (Å²) in [5.41, 5.74) is 0. The highest BCUT2D eigenvalue weighted by atomic mass is 16.5. The van der Waals surface area contributed by atoms with Crippen molar-refractivity contribution in [2.45, 2.75) is 89.9 Å². The van der Waals surface area contributed by atoms with Gasteiger partial charge in [0.2, 0.25) is 0 Å². The average Bonchev–Trinajstić information content (AvgIpc) is 2.90. The predicted octanol–water partition coefficient (Wildman–Crippen LogP) is 3.20. The van der Waals surface area contributed by atoms with Crippen molar-refractivity contribution in [2.75, 3.05) is 0 Å². The van der Waals surface area contributed by atoms with Crippen LogP contribution in [0.4, 0.5) is 0 Å². The minimum atomic E-state index is -0.0190. The van der Waals surface area contributed by atoms with Crippen molar-refractivity contribution in [2.24, 2.45) is 0 Å². The third kappa shape index (κ3) is 4.57. The van der Waals surface area contributed by atoms with Crippen LogP contribution >= 0.6 is 0 Å². The molecule has 3 nitrogen and oxygen atoms in total. The second-order valence-corrected chi connectivity index (χ2v) is 5.43. The maximum atomic E-state index is 5.90. The van der Waals surface area contributed by atoms with Crippen LogP contribution in [0.25, 0.3) is 0 Å². The topological polar surface area (TPSA) is 32.6 Å². The molecule has 0 amide bonds. The predicted molar refractivity (Wildman–Crippen MR) is 67.7 cm³/mol. The lowest BCUT2D eigenvalue weighted by Crippen LogP contribution is -2.35. The maximum Gasteiger partial charge on any atom is 0.123 e. The molecule has 99 valence electrons. The van der Waals surface area contributed by atoms with Crippen molar-refractivity contribution in [3.05, 3.63) is 0 Å². The lowest BCUT2D eigenvalue weighted by molar-refractivity contribution is -0.0822. The van der Waals surface area contributed by atoms with Gasteiger partial charge in [-0.1, -0.05) is 25.7 Å². The molecular weight excluding hydrogens is 214 g/mol. The summed E-state index contributed by atoms with van der Waals surface area (Å²) in [6.07, 6.45) is 10.9. The third-order valence-electron chi connectivity index (χ3n) is 3.80. The first-order valence-corrected chi connectivity index (χ1v) is 7.25. The van der Waals surface area contributed by atoms with E-state index in [9.17, 15) is 0 Å². The molecule has 0 heterocycles. The van der Waals surface area contributed by atoms with Crippen molar-refractivity contribution in [1.29, 1.82) is 0 Å². The van der Waals surface area contributed by atoms with Crippen LogP contribution < -0.4 is 5.32 Å². The molecule has 0 aliphatic heterocycles. The second-order valence-electron chi connectivity index (χ2n) is 5.43. The van der Waals surface area contributed by atoms with Gasteiger partial charge in [-0.3, -0.25) is 0 Å². The molecule has 0 bridgehead atoms. The molecule has 2 saturated carbocycles. The lowest BCUT2D eigenvalue weighted by atomic mass is 10.3. The fourth-order valence-corrected chi connectivity index (χ4v) is 2.97. The van der Waals surface area contributed by atoms with Gasteiger partial charge in [0.15, 0.2) is 0 Å². The van der Waals surface area contributed by atoms with Crippen molar-refractivity contribution >= 4 is 0 Å². The fourth-order valence-electron chi connectivity index (χ4n) is 2.97. The quantitative estimate of drug-likeness (QED) is 0.714. The Hall–Kier alpha value is -0.120. The van der Waals surface area contributed by atoms with E-state index in [4.69, 9.17) is 9.47 Å². The Morgan fingerprint density at radius 2 is 1.12 bits per heavy atom. The Morgan fingerprint density at radius 3 is 1.47 bits per heavy atom. The van der Waals surface area contributed by atoms with E-state index in [-0.39, 0.29) is 12.5 Å². The highest BCUT2D eigenvalue weighted by Crippen LogP contribution is 2.23. The van der Waals surface area contributed by atoms with E-state index in [0.717, 1.165) is 0 Å². The van der Waals surface area contributed by atoms with Gasteiger partial charge in [-0.05, 0) is 39.5 Å². The largest absolute Gasteiger partial charge is 0.359 e. The Bertz CT molecular complexity index is 188. The van der Waals surface area contributed by atoms with Gasteiger partial charge in [0.05, 0.1) is 12.2 Å². The van der Waals surface area contributed by atoms with Crippen molar-refractivity contribution < 1.29 is 9.47 Å². The highest BCUT2D eigenvalue weighted by molar-refractivity contribution is 4.70. The van der Waals surface area contributed by atoms with Crippen molar-refractivity contribution in [3.8, 4) is 0 Å². The zero-order valence-corrected chi connectivity index (χ0v) is 11.2. The number of nitrogens with zero attached hydrogens (tertiary/aromatic N) is 1. The first-order valence-electron chi connectivity index (χ1n) is 7.25. The van der Waals surface area contributed by atoms with Gasteiger partial charge in [0.25, 0.3) is 0 Å².